The van der Waals surface area contributed by atoms with Crippen molar-refractivity contribution in [2.45, 2.75) is 32.9 Å². The number of Topliss-reactive ketones (excluding diaryl/α,β-unsaturated/α-hetero) is 1. The van der Waals surface area contributed by atoms with Crippen LogP contribution in [0, 0.1) is 27.7 Å². The largest absolute Gasteiger partial charge is 0.416 e. The van der Waals surface area contributed by atoms with Crippen LogP contribution in [0.4, 0.5) is 0 Å². The molecule has 0 saturated heterocycles. The Hall–Kier alpha value is -1.62. The second-order valence-electron chi connectivity index (χ2n) is 4.57. The highest BCUT2D eigenvalue weighted by Crippen LogP contribution is 2.21. The van der Waals surface area contributed by atoms with E-state index in [1.165, 1.54) is 17.3 Å². The van der Waals surface area contributed by atoms with E-state index in [0.717, 1.165) is 16.7 Å². The molecule has 0 saturated carbocycles. The zero-order valence-electron chi connectivity index (χ0n) is 11.5. The van der Waals surface area contributed by atoms with Gasteiger partial charge in [0.25, 0.3) is 5.22 Å². The van der Waals surface area contributed by atoms with Gasteiger partial charge in [0.1, 0.15) is 0 Å². The van der Waals surface area contributed by atoms with Crippen LogP contribution >= 0.6 is 11.8 Å². The van der Waals surface area contributed by atoms with Crippen molar-refractivity contribution in [1.29, 1.82) is 0 Å². The molecule has 0 atom stereocenters. The van der Waals surface area contributed by atoms with Gasteiger partial charge in [-0.1, -0.05) is 29.5 Å². The number of thioether (sulfide) groups is 1. The van der Waals surface area contributed by atoms with Crippen LogP contribution in [0.15, 0.2) is 21.8 Å². The van der Waals surface area contributed by atoms with Gasteiger partial charge in [0.05, 0.1) is 5.75 Å². The summed E-state index contributed by atoms with van der Waals surface area (Å²) in [4.78, 5) is 12.3. The fourth-order valence-corrected chi connectivity index (χ4v) is 2.83. The number of nitrogens with zero attached hydrogens (tertiary/aromatic N) is 2. The van der Waals surface area contributed by atoms with E-state index in [-0.39, 0.29) is 5.78 Å². The lowest BCUT2D eigenvalue weighted by atomic mass is 9.97. The maximum atomic E-state index is 12.3. The van der Waals surface area contributed by atoms with Crippen molar-refractivity contribution in [2.24, 2.45) is 0 Å². The van der Waals surface area contributed by atoms with Gasteiger partial charge < -0.3 is 4.42 Å². The monoisotopic (exact) mass is 276 g/mol. The highest BCUT2D eigenvalue weighted by molar-refractivity contribution is 7.99. The summed E-state index contributed by atoms with van der Waals surface area (Å²) in [5.41, 5.74) is 4.01. The van der Waals surface area contributed by atoms with E-state index in [4.69, 9.17) is 4.42 Å². The van der Waals surface area contributed by atoms with E-state index in [1.807, 2.05) is 32.9 Å². The molecule has 19 heavy (non-hydrogen) atoms. The molecule has 5 heteroatoms. The Balaban J connectivity index is 2.12. The number of aryl methyl sites for hydroxylation is 4. The summed E-state index contributed by atoms with van der Waals surface area (Å²) in [5, 5.41) is 8.04. The van der Waals surface area contributed by atoms with E-state index >= 15 is 0 Å². The molecule has 2 rings (SSSR count). The maximum absolute atomic E-state index is 12.3. The van der Waals surface area contributed by atoms with Crippen molar-refractivity contribution >= 4 is 17.5 Å². The van der Waals surface area contributed by atoms with E-state index in [1.54, 1.807) is 6.92 Å². The minimum Gasteiger partial charge on any atom is -0.416 e. The molecular weight excluding hydrogens is 260 g/mol. The zero-order valence-corrected chi connectivity index (χ0v) is 12.3. The quantitative estimate of drug-likeness (QED) is 0.633. The van der Waals surface area contributed by atoms with Crippen molar-refractivity contribution in [3.8, 4) is 0 Å². The first-order valence-electron chi connectivity index (χ1n) is 6.01. The van der Waals surface area contributed by atoms with Gasteiger partial charge >= 0.3 is 0 Å². The van der Waals surface area contributed by atoms with Crippen LogP contribution < -0.4 is 0 Å². The second kappa shape index (κ2) is 5.57. The van der Waals surface area contributed by atoms with Crippen LogP contribution in [0.3, 0.4) is 0 Å². The van der Waals surface area contributed by atoms with E-state index in [0.29, 0.717) is 16.9 Å². The number of benzene rings is 1. The van der Waals surface area contributed by atoms with Gasteiger partial charge in [0.2, 0.25) is 5.89 Å². The highest BCUT2D eigenvalue weighted by Gasteiger charge is 2.14. The predicted octanol–water partition coefficient (Wildman–Crippen LogP) is 3.28. The molecule has 2 aromatic rings. The van der Waals surface area contributed by atoms with E-state index in [2.05, 4.69) is 10.2 Å². The van der Waals surface area contributed by atoms with Crippen molar-refractivity contribution in [3.05, 3.63) is 40.3 Å². The molecule has 0 aliphatic rings. The summed E-state index contributed by atoms with van der Waals surface area (Å²) < 4.78 is 5.24. The van der Waals surface area contributed by atoms with Gasteiger partial charge in [-0.2, -0.15) is 0 Å². The van der Waals surface area contributed by atoms with Gasteiger partial charge in [-0.25, -0.2) is 0 Å². The number of carbonyl (C=O) groups excluding carboxylic acids is 1. The Morgan fingerprint density at radius 3 is 2.32 bits per heavy atom. The molecule has 0 aliphatic carbocycles. The van der Waals surface area contributed by atoms with Crippen LogP contribution in [-0.2, 0) is 0 Å². The molecule has 0 radical (unpaired) electrons. The first kappa shape index (κ1) is 13.8. The number of aromatic nitrogens is 2. The lowest BCUT2D eigenvalue weighted by molar-refractivity contribution is 0.102. The standard InChI is InChI=1S/C14H16N2O2S/c1-8-5-9(2)13(10(3)6-8)12(17)7-19-14-16-15-11(4)18-14/h5-6H,7H2,1-4H3. The number of rotatable bonds is 4. The Morgan fingerprint density at radius 1 is 1.16 bits per heavy atom. The summed E-state index contributed by atoms with van der Waals surface area (Å²) >= 11 is 1.28. The zero-order chi connectivity index (χ0) is 14.0. The molecule has 0 spiro atoms. The molecule has 0 bridgehead atoms. The summed E-state index contributed by atoms with van der Waals surface area (Å²) in [7, 11) is 0. The molecule has 0 fully saturated rings. The van der Waals surface area contributed by atoms with Crippen molar-refractivity contribution in [1.82, 2.24) is 10.2 Å². The molecule has 0 N–H and O–H groups in total. The number of carbonyl (C=O) groups is 1. The molecular formula is C14H16N2O2S. The first-order valence-corrected chi connectivity index (χ1v) is 7.00. The van der Waals surface area contributed by atoms with Gasteiger partial charge in [-0.3, -0.25) is 4.79 Å². The summed E-state index contributed by atoms with van der Waals surface area (Å²) in [6.07, 6.45) is 0. The van der Waals surface area contributed by atoms with Crippen LogP contribution in [0.25, 0.3) is 0 Å². The maximum Gasteiger partial charge on any atom is 0.277 e. The molecule has 1 aromatic heterocycles. The Labute approximate surface area is 116 Å². The Kier molecular flexibility index (Phi) is 4.04. The predicted molar refractivity (Wildman–Crippen MR) is 74.7 cm³/mol. The minimum atomic E-state index is 0.0934. The molecule has 1 heterocycles. The molecule has 0 aliphatic heterocycles. The molecule has 1 aromatic carbocycles. The van der Waals surface area contributed by atoms with Crippen LogP contribution in [0.2, 0.25) is 0 Å². The number of hydrogen-bond acceptors (Lipinski definition) is 5. The summed E-state index contributed by atoms with van der Waals surface area (Å²) in [6.45, 7) is 7.70. The van der Waals surface area contributed by atoms with E-state index < -0.39 is 0 Å². The van der Waals surface area contributed by atoms with Gasteiger partial charge in [0.15, 0.2) is 5.78 Å². The first-order chi connectivity index (χ1) is 8.97. The lowest BCUT2D eigenvalue weighted by Gasteiger charge is -2.09. The van der Waals surface area contributed by atoms with Gasteiger partial charge in [-0.15, -0.1) is 10.2 Å². The normalized spacial score (nSPS) is 10.7. The van der Waals surface area contributed by atoms with Crippen molar-refractivity contribution in [2.75, 3.05) is 5.75 Å². The smallest absolute Gasteiger partial charge is 0.277 e. The molecule has 0 unspecified atom stereocenters. The molecule has 4 nitrogen and oxygen atoms in total. The molecule has 100 valence electrons. The third-order valence-corrected chi connectivity index (χ3v) is 3.61. The van der Waals surface area contributed by atoms with Crippen molar-refractivity contribution in [3.63, 3.8) is 0 Å². The average molecular weight is 276 g/mol. The fourth-order valence-electron chi connectivity index (χ4n) is 2.16. The Bertz CT molecular complexity index is 597. The second-order valence-corrected chi connectivity index (χ2v) is 5.50. The van der Waals surface area contributed by atoms with Crippen LogP contribution in [-0.4, -0.2) is 21.7 Å². The van der Waals surface area contributed by atoms with Crippen LogP contribution in [0.1, 0.15) is 32.9 Å². The van der Waals surface area contributed by atoms with Crippen molar-refractivity contribution < 1.29 is 9.21 Å². The van der Waals surface area contributed by atoms with E-state index in [9.17, 15) is 4.79 Å². The highest BCUT2D eigenvalue weighted by atomic mass is 32.2. The average Bonchev–Trinajstić information content (AvgIpc) is 2.71. The topological polar surface area (TPSA) is 56.0 Å². The van der Waals surface area contributed by atoms with Gasteiger partial charge in [-0.05, 0) is 31.9 Å². The number of hydrogen-bond donors (Lipinski definition) is 0. The summed E-state index contributed by atoms with van der Waals surface area (Å²) in [5.74, 6) is 0.917. The molecule has 0 amide bonds. The number of ketones is 1. The third-order valence-electron chi connectivity index (χ3n) is 2.79. The summed E-state index contributed by atoms with van der Waals surface area (Å²) in [6, 6.07) is 4.06. The lowest BCUT2D eigenvalue weighted by Crippen LogP contribution is -2.07. The van der Waals surface area contributed by atoms with Gasteiger partial charge in [0, 0.05) is 12.5 Å². The third kappa shape index (κ3) is 3.23. The minimum absolute atomic E-state index is 0.0934. The Morgan fingerprint density at radius 2 is 1.79 bits per heavy atom. The SMILES string of the molecule is Cc1cc(C)c(C(=O)CSc2nnc(C)o2)c(C)c1. The fraction of sp³-hybridized carbons (Fsp3) is 0.357. The van der Waals surface area contributed by atoms with Crippen LogP contribution in [0.5, 0.6) is 0 Å².